The zero-order chi connectivity index (χ0) is 13.3. The van der Waals surface area contributed by atoms with Gasteiger partial charge in [-0.25, -0.2) is 0 Å². The van der Waals surface area contributed by atoms with E-state index in [1.165, 1.54) is 5.56 Å². The van der Waals surface area contributed by atoms with Crippen LogP contribution in [0, 0.1) is 0 Å². The molecule has 1 amide bonds. The maximum Gasteiger partial charge on any atom is 0.278 e. The van der Waals surface area contributed by atoms with Gasteiger partial charge >= 0.3 is 0 Å². The molecule has 1 saturated heterocycles. The molecule has 2 heterocycles. The lowest BCUT2D eigenvalue weighted by molar-refractivity contribution is -0.994. The van der Waals surface area contributed by atoms with Crippen molar-refractivity contribution in [3.8, 4) is 0 Å². The minimum Gasteiger partial charge on any atom is -0.497 e. The van der Waals surface area contributed by atoms with Crippen LogP contribution in [0.15, 0.2) is 24.3 Å². The van der Waals surface area contributed by atoms with E-state index in [2.05, 4.69) is 17.1 Å². The Hall–Kier alpha value is -1.39. The number of nitrogens with zero attached hydrogens (tertiary/aromatic N) is 2. The third-order valence-corrected chi connectivity index (χ3v) is 4.49. The Bertz CT molecular complexity index is 483. The summed E-state index contributed by atoms with van der Waals surface area (Å²) in [6.45, 7) is 2.93. The van der Waals surface area contributed by atoms with Gasteiger partial charge in [-0.05, 0) is 24.8 Å². The molecule has 2 aliphatic heterocycles. The molecular weight excluding hydrogens is 240 g/mol. The van der Waals surface area contributed by atoms with E-state index in [1.54, 1.807) is 0 Å². The summed E-state index contributed by atoms with van der Waals surface area (Å²) in [5, 5.41) is 13.9. The number of carbonyl (C=O) groups excluding carboxylic acids is 1. The van der Waals surface area contributed by atoms with E-state index in [9.17, 15) is 9.90 Å². The van der Waals surface area contributed by atoms with Crippen LogP contribution >= 0.6 is 0 Å². The number of carboxylic acid groups (broad SMARTS) is 1. The van der Waals surface area contributed by atoms with Crippen LogP contribution in [0.3, 0.4) is 0 Å². The van der Waals surface area contributed by atoms with E-state index < -0.39 is 6.09 Å². The highest BCUT2D eigenvalue weighted by atomic mass is 16.4. The van der Waals surface area contributed by atoms with Crippen molar-refractivity contribution in [3.63, 3.8) is 0 Å². The van der Waals surface area contributed by atoms with Crippen molar-refractivity contribution in [2.45, 2.75) is 32.2 Å². The fraction of sp³-hybridized carbons (Fsp3) is 0.533. The molecule has 1 fully saturated rings. The quantitative estimate of drug-likeness (QED) is 0.715. The maximum atomic E-state index is 11.8. The Balaban J connectivity index is 1.99. The first-order valence-corrected chi connectivity index (χ1v) is 7.13. The summed E-state index contributed by atoms with van der Waals surface area (Å²) in [5.74, 6) is 0. The Morgan fingerprint density at radius 3 is 2.47 bits per heavy atom. The number of rotatable bonds is 1. The molecule has 0 aliphatic carbocycles. The van der Waals surface area contributed by atoms with Crippen molar-refractivity contribution < 1.29 is 14.5 Å². The number of fused-ring (bicyclic) bond motifs is 1. The van der Waals surface area contributed by atoms with Gasteiger partial charge in [0.05, 0.1) is 0 Å². The van der Waals surface area contributed by atoms with Gasteiger partial charge in [0.25, 0.3) is 6.09 Å². The smallest absolute Gasteiger partial charge is 0.278 e. The minimum atomic E-state index is -0.946. The lowest BCUT2D eigenvalue weighted by Gasteiger charge is -2.42. The highest BCUT2D eigenvalue weighted by Crippen LogP contribution is 2.29. The zero-order valence-corrected chi connectivity index (χ0v) is 11.2. The molecule has 0 spiro atoms. The van der Waals surface area contributed by atoms with Gasteiger partial charge in [0.1, 0.15) is 13.1 Å². The predicted molar refractivity (Wildman–Crippen MR) is 69.8 cm³/mol. The van der Waals surface area contributed by atoms with Crippen LogP contribution in [-0.2, 0) is 13.0 Å². The highest BCUT2D eigenvalue weighted by molar-refractivity contribution is 5.54. The minimum absolute atomic E-state index is 0.00296. The summed E-state index contributed by atoms with van der Waals surface area (Å²) in [5.41, 5.74) is 2.46. The maximum absolute atomic E-state index is 11.8. The lowest BCUT2D eigenvalue weighted by Crippen LogP contribution is -2.66. The van der Waals surface area contributed by atoms with E-state index in [0.717, 1.165) is 44.3 Å². The Morgan fingerprint density at radius 2 is 1.79 bits per heavy atom. The molecule has 102 valence electrons. The van der Waals surface area contributed by atoms with Gasteiger partial charge in [-0.1, -0.05) is 24.3 Å². The van der Waals surface area contributed by atoms with Gasteiger partial charge in [-0.3, -0.25) is 0 Å². The highest BCUT2D eigenvalue weighted by Gasteiger charge is 2.41. The van der Waals surface area contributed by atoms with Crippen LogP contribution < -0.4 is 5.11 Å². The molecule has 0 N–H and O–H groups in total. The molecular formula is C15H20N2O2. The summed E-state index contributed by atoms with van der Waals surface area (Å²) < 4.78 is -0.00296. The van der Waals surface area contributed by atoms with Gasteiger partial charge in [0, 0.05) is 25.1 Å². The second kappa shape index (κ2) is 4.94. The summed E-state index contributed by atoms with van der Waals surface area (Å²) in [7, 11) is 0. The van der Waals surface area contributed by atoms with Crippen molar-refractivity contribution in [1.29, 1.82) is 0 Å². The summed E-state index contributed by atoms with van der Waals surface area (Å²) in [4.78, 5) is 11.8. The van der Waals surface area contributed by atoms with E-state index in [1.807, 2.05) is 12.1 Å². The Labute approximate surface area is 113 Å². The molecule has 1 atom stereocenters. The molecule has 0 bridgehead atoms. The van der Waals surface area contributed by atoms with E-state index >= 15 is 0 Å². The largest absolute Gasteiger partial charge is 0.497 e. The Morgan fingerprint density at radius 1 is 1.11 bits per heavy atom. The summed E-state index contributed by atoms with van der Waals surface area (Å²) in [6.07, 6.45) is 3.11. The van der Waals surface area contributed by atoms with Crippen molar-refractivity contribution in [2.24, 2.45) is 0 Å². The normalized spacial score (nSPS) is 27.8. The van der Waals surface area contributed by atoms with Crippen LogP contribution in [0.4, 0.5) is 4.79 Å². The molecule has 1 aromatic carbocycles. The first-order chi connectivity index (χ1) is 9.22. The predicted octanol–water partition coefficient (Wildman–Crippen LogP) is 1.30. The van der Waals surface area contributed by atoms with Gasteiger partial charge in [-0.15, -0.1) is 5.01 Å². The molecule has 1 aromatic rings. The third-order valence-electron chi connectivity index (χ3n) is 4.49. The SMILES string of the molecule is O=C([O-])[N+]1(N2CCCC2)CCCc2ccccc2C1. The fourth-order valence-electron chi connectivity index (χ4n) is 3.44. The van der Waals surface area contributed by atoms with Gasteiger partial charge in [0.15, 0.2) is 0 Å². The molecule has 2 aliphatic rings. The third kappa shape index (κ3) is 2.15. The van der Waals surface area contributed by atoms with Gasteiger partial charge in [0.2, 0.25) is 0 Å². The van der Waals surface area contributed by atoms with Crippen molar-refractivity contribution in [1.82, 2.24) is 5.01 Å². The van der Waals surface area contributed by atoms with Gasteiger partial charge in [-0.2, -0.15) is 4.59 Å². The second-order valence-corrected chi connectivity index (χ2v) is 5.60. The molecule has 0 radical (unpaired) electrons. The topological polar surface area (TPSA) is 43.4 Å². The van der Waals surface area contributed by atoms with E-state index in [4.69, 9.17) is 0 Å². The average Bonchev–Trinajstić information content (AvgIpc) is 2.86. The molecule has 19 heavy (non-hydrogen) atoms. The van der Waals surface area contributed by atoms with Crippen LogP contribution in [0.2, 0.25) is 0 Å². The van der Waals surface area contributed by atoms with Crippen molar-refractivity contribution in [3.05, 3.63) is 35.4 Å². The first kappa shape index (κ1) is 12.6. The number of benzene rings is 1. The van der Waals surface area contributed by atoms with Crippen molar-refractivity contribution >= 4 is 6.09 Å². The first-order valence-electron chi connectivity index (χ1n) is 7.13. The number of carbonyl (C=O) groups is 1. The van der Waals surface area contributed by atoms with Crippen LogP contribution in [-0.4, -0.2) is 35.3 Å². The standard InChI is InChI=1S/C15H20N2O2/c18-15(19)17(16-9-3-4-10-16)11-5-8-13-6-1-2-7-14(13)12-17/h1-2,6-7H,3-5,8-12H2. The van der Waals surface area contributed by atoms with Crippen LogP contribution in [0.5, 0.6) is 0 Å². The van der Waals surface area contributed by atoms with Crippen LogP contribution in [0.25, 0.3) is 0 Å². The molecule has 4 heteroatoms. The summed E-state index contributed by atoms with van der Waals surface area (Å²) in [6, 6.07) is 8.22. The van der Waals surface area contributed by atoms with Crippen LogP contribution in [0.1, 0.15) is 30.4 Å². The average molecular weight is 260 g/mol. The van der Waals surface area contributed by atoms with E-state index in [-0.39, 0.29) is 4.59 Å². The number of hydrogen-bond acceptors (Lipinski definition) is 3. The van der Waals surface area contributed by atoms with Gasteiger partial charge < -0.3 is 9.90 Å². The van der Waals surface area contributed by atoms with E-state index in [0.29, 0.717) is 13.1 Å². The molecule has 4 nitrogen and oxygen atoms in total. The molecule has 0 aromatic heterocycles. The number of hydrogen-bond donors (Lipinski definition) is 0. The van der Waals surface area contributed by atoms with Crippen molar-refractivity contribution in [2.75, 3.05) is 19.6 Å². The zero-order valence-electron chi connectivity index (χ0n) is 11.2. The number of quaternary nitrogens is 1. The monoisotopic (exact) mass is 260 g/mol. The Kier molecular flexibility index (Phi) is 3.29. The second-order valence-electron chi connectivity index (χ2n) is 5.60. The number of aryl methyl sites for hydroxylation is 1. The summed E-state index contributed by atoms with van der Waals surface area (Å²) >= 11 is 0. The fourth-order valence-corrected chi connectivity index (χ4v) is 3.44. The molecule has 0 saturated carbocycles. The number of amides is 1. The molecule has 3 rings (SSSR count). The molecule has 1 unspecified atom stereocenters. The lowest BCUT2D eigenvalue weighted by atomic mass is 10.0.